The third-order valence-electron chi connectivity index (χ3n) is 5.15. The highest BCUT2D eigenvalue weighted by Crippen LogP contribution is 2.34. The number of nitrogens with zero attached hydrogens (tertiary/aromatic N) is 4. The Morgan fingerprint density at radius 3 is 2.72 bits per heavy atom. The number of hydrogen-bond acceptors (Lipinski definition) is 5. The lowest BCUT2D eigenvalue weighted by atomic mass is 10.2. The van der Waals surface area contributed by atoms with Gasteiger partial charge in [0, 0.05) is 27.7 Å². The predicted molar refractivity (Wildman–Crippen MR) is 136 cm³/mol. The van der Waals surface area contributed by atoms with Crippen LogP contribution < -0.4 is 4.90 Å². The number of rotatable bonds is 7. The first kappa shape index (κ1) is 22.8. The Hall–Kier alpha value is -2.35. The molecule has 2 aromatic carbocycles. The lowest BCUT2D eigenvalue weighted by Gasteiger charge is -2.20. The normalized spacial score (nSPS) is 11.3. The average Bonchev–Trinajstić information content (AvgIpc) is 3.31. The molecule has 0 spiro atoms. The average molecular weight is 485 g/mol. The lowest BCUT2D eigenvalue weighted by molar-refractivity contribution is 0.0985. The summed E-state index contributed by atoms with van der Waals surface area (Å²) in [6, 6.07) is 13.7. The molecule has 2 heterocycles. The summed E-state index contributed by atoms with van der Waals surface area (Å²) >= 11 is 9.48. The Labute approximate surface area is 201 Å². The molecule has 4 rings (SSSR count). The summed E-state index contributed by atoms with van der Waals surface area (Å²) < 4.78 is 2.92. The first-order valence-electron chi connectivity index (χ1n) is 10.5. The summed E-state index contributed by atoms with van der Waals surface area (Å²) in [4.78, 5) is 21.4. The summed E-state index contributed by atoms with van der Waals surface area (Å²) in [7, 11) is 0. The van der Waals surface area contributed by atoms with E-state index < -0.39 is 0 Å². The van der Waals surface area contributed by atoms with Gasteiger partial charge >= 0.3 is 0 Å². The number of amides is 1. The first-order valence-corrected chi connectivity index (χ1v) is 12.7. The third kappa shape index (κ3) is 4.85. The van der Waals surface area contributed by atoms with E-state index in [1.165, 1.54) is 11.3 Å². The number of carbonyl (C=O) groups is 1. The first-order chi connectivity index (χ1) is 15.4. The maximum Gasteiger partial charge on any atom is 0.260 e. The molecule has 1 amide bonds. The molecule has 0 aliphatic heterocycles. The summed E-state index contributed by atoms with van der Waals surface area (Å²) in [6.45, 7) is 9.16. The van der Waals surface area contributed by atoms with E-state index in [9.17, 15) is 4.79 Å². The van der Waals surface area contributed by atoms with Crippen LogP contribution in [0.3, 0.4) is 0 Å². The molecule has 32 heavy (non-hydrogen) atoms. The molecule has 8 heteroatoms. The van der Waals surface area contributed by atoms with Crippen molar-refractivity contribution in [3.63, 3.8) is 0 Å². The maximum absolute atomic E-state index is 13.7. The number of hydrogen-bond donors (Lipinski definition) is 0. The standard InChI is InChI=1S/C24H25ClN4OS2/c1-5-31-20-8-6-7-18(13-20)23(30)28(9-10-29-17(4)12-16(3)27-29)24-26-22-15(2)11-19(25)14-21(22)32-24/h6-8,11-14H,5,9-10H2,1-4H3. The monoisotopic (exact) mass is 484 g/mol. The van der Waals surface area contributed by atoms with Gasteiger partial charge in [0.2, 0.25) is 0 Å². The molecule has 0 bridgehead atoms. The van der Waals surface area contributed by atoms with Gasteiger partial charge in [-0.05, 0) is 68.5 Å². The second kappa shape index (κ2) is 9.65. The number of anilines is 1. The topological polar surface area (TPSA) is 51.0 Å². The van der Waals surface area contributed by atoms with Crippen LogP contribution in [0.1, 0.15) is 34.2 Å². The number of carbonyl (C=O) groups excluding carboxylic acids is 1. The second-order valence-corrected chi connectivity index (χ2v) is 10.4. The van der Waals surface area contributed by atoms with Crippen LogP contribution in [0.25, 0.3) is 10.2 Å². The van der Waals surface area contributed by atoms with Crippen LogP contribution in [0.2, 0.25) is 5.02 Å². The molecule has 5 nitrogen and oxygen atoms in total. The number of aromatic nitrogens is 3. The Morgan fingerprint density at radius 1 is 1.19 bits per heavy atom. The van der Waals surface area contributed by atoms with Crippen LogP contribution in [0, 0.1) is 20.8 Å². The summed E-state index contributed by atoms with van der Waals surface area (Å²) in [6.07, 6.45) is 0. The Bertz CT molecular complexity index is 1280. The van der Waals surface area contributed by atoms with Crippen LogP contribution in [0.4, 0.5) is 5.13 Å². The Balaban J connectivity index is 1.72. The quantitative estimate of drug-likeness (QED) is 0.280. The van der Waals surface area contributed by atoms with Gasteiger partial charge < -0.3 is 0 Å². The number of thiazole rings is 1. The summed E-state index contributed by atoms with van der Waals surface area (Å²) in [5, 5.41) is 5.90. The van der Waals surface area contributed by atoms with E-state index >= 15 is 0 Å². The number of halogens is 1. The molecule has 0 atom stereocenters. The van der Waals surface area contributed by atoms with Gasteiger partial charge in [0.05, 0.1) is 22.5 Å². The molecule has 0 N–H and O–H groups in total. The van der Waals surface area contributed by atoms with E-state index in [0.29, 0.717) is 28.8 Å². The van der Waals surface area contributed by atoms with Gasteiger partial charge in [-0.15, -0.1) is 11.8 Å². The maximum atomic E-state index is 13.7. The second-order valence-electron chi connectivity index (χ2n) is 7.63. The van der Waals surface area contributed by atoms with Crippen molar-refractivity contribution >= 4 is 56.0 Å². The molecule has 0 saturated heterocycles. The minimum Gasteiger partial charge on any atom is -0.282 e. The molecule has 166 valence electrons. The van der Waals surface area contributed by atoms with E-state index in [1.807, 2.05) is 67.9 Å². The zero-order valence-electron chi connectivity index (χ0n) is 18.6. The van der Waals surface area contributed by atoms with Crippen LogP contribution in [-0.2, 0) is 6.54 Å². The van der Waals surface area contributed by atoms with E-state index in [0.717, 1.165) is 37.8 Å². The number of benzene rings is 2. The molecule has 4 aromatic rings. The number of fused-ring (bicyclic) bond motifs is 1. The summed E-state index contributed by atoms with van der Waals surface area (Å²) in [5.41, 5.74) is 4.58. The lowest BCUT2D eigenvalue weighted by Crippen LogP contribution is -2.34. The molecule has 0 saturated carbocycles. The Kier molecular flexibility index (Phi) is 6.88. The van der Waals surface area contributed by atoms with Crippen molar-refractivity contribution in [1.29, 1.82) is 0 Å². The van der Waals surface area contributed by atoms with Gasteiger partial charge in [0.25, 0.3) is 5.91 Å². The highest BCUT2D eigenvalue weighted by molar-refractivity contribution is 7.99. The van der Waals surface area contributed by atoms with Crippen LogP contribution in [-0.4, -0.2) is 33.0 Å². The highest BCUT2D eigenvalue weighted by atomic mass is 35.5. The minimum atomic E-state index is -0.0621. The highest BCUT2D eigenvalue weighted by Gasteiger charge is 2.23. The number of thioether (sulfide) groups is 1. The zero-order chi connectivity index (χ0) is 22.8. The SMILES string of the molecule is CCSc1cccc(C(=O)N(CCn2nc(C)cc2C)c2nc3c(C)cc(Cl)cc3s2)c1. The predicted octanol–water partition coefficient (Wildman–Crippen LogP) is 6.53. The van der Waals surface area contributed by atoms with Crippen molar-refractivity contribution < 1.29 is 4.79 Å². The smallest absolute Gasteiger partial charge is 0.260 e. The van der Waals surface area contributed by atoms with Gasteiger partial charge in [-0.1, -0.05) is 35.9 Å². The fraction of sp³-hybridized carbons (Fsp3) is 0.292. The van der Waals surface area contributed by atoms with Crippen molar-refractivity contribution in [3.8, 4) is 0 Å². The van der Waals surface area contributed by atoms with Crippen molar-refractivity contribution in [2.24, 2.45) is 0 Å². The molecule has 0 unspecified atom stereocenters. The van der Waals surface area contributed by atoms with Crippen LogP contribution >= 0.6 is 34.7 Å². The van der Waals surface area contributed by atoms with Crippen LogP contribution in [0.5, 0.6) is 0 Å². The van der Waals surface area contributed by atoms with Gasteiger partial charge in [0.1, 0.15) is 0 Å². The van der Waals surface area contributed by atoms with E-state index in [1.54, 1.807) is 16.7 Å². The van der Waals surface area contributed by atoms with Gasteiger partial charge in [-0.3, -0.25) is 14.4 Å². The van der Waals surface area contributed by atoms with Crippen molar-refractivity contribution in [3.05, 3.63) is 70.0 Å². The number of aryl methyl sites for hydroxylation is 3. The van der Waals surface area contributed by atoms with Crippen molar-refractivity contribution in [1.82, 2.24) is 14.8 Å². The Morgan fingerprint density at radius 2 is 2.00 bits per heavy atom. The van der Waals surface area contributed by atoms with Gasteiger partial charge in [0.15, 0.2) is 5.13 Å². The molecular formula is C24H25ClN4OS2. The molecule has 0 aliphatic carbocycles. The van der Waals surface area contributed by atoms with E-state index in [2.05, 4.69) is 12.0 Å². The fourth-order valence-electron chi connectivity index (χ4n) is 3.68. The molecule has 0 radical (unpaired) electrons. The van der Waals surface area contributed by atoms with Gasteiger partial charge in [-0.25, -0.2) is 4.98 Å². The third-order valence-corrected chi connectivity index (χ3v) is 7.27. The minimum absolute atomic E-state index is 0.0621. The van der Waals surface area contributed by atoms with Crippen LogP contribution in [0.15, 0.2) is 47.4 Å². The molecular weight excluding hydrogens is 460 g/mol. The van der Waals surface area contributed by atoms with Gasteiger partial charge in [-0.2, -0.15) is 5.10 Å². The van der Waals surface area contributed by atoms with E-state index in [4.69, 9.17) is 16.6 Å². The molecule has 0 fully saturated rings. The molecule has 2 aromatic heterocycles. The van der Waals surface area contributed by atoms with Crippen molar-refractivity contribution in [2.75, 3.05) is 17.2 Å². The van der Waals surface area contributed by atoms with E-state index in [-0.39, 0.29) is 5.91 Å². The summed E-state index contributed by atoms with van der Waals surface area (Å²) in [5.74, 6) is 0.893. The molecule has 0 aliphatic rings. The fourth-order valence-corrected chi connectivity index (χ4v) is 5.84. The van der Waals surface area contributed by atoms with Crippen molar-refractivity contribution in [2.45, 2.75) is 39.1 Å². The largest absolute Gasteiger partial charge is 0.282 e. The zero-order valence-corrected chi connectivity index (χ0v) is 20.9.